The highest BCUT2D eigenvalue weighted by atomic mass is 79.9. The molecule has 1 unspecified atom stereocenters. The summed E-state index contributed by atoms with van der Waals surface area (Å²) in [6, 6.07) is 9.83. The van der Waals surface area contributed by atoms with Crippen molar-refractivity contribution >= 4 is 15.9 Å². The smallest absolute Gasteiger partial charge is 0.119 e. The Morgan fingerprint density at radius 2 is 1.78 bits per heavy atom. The van der Waals surface area contributed by atoms with E-state index < -0.39 is 0 Å². The van der Waals surface area contributed by atoms with Gasteiger partial charge in [0.05, 0.1) is 13.2 Å². The van der Waals surface area contributed by atoms with Crippen molar-refractivity contribution in [1.29, 1.82) is 0 Å². The van der Waals surface area contributed by atoms with Crippen LogP contribution >= 0.6 is 15.9 Å². The van der Waals surface area contributed by atoms with E-state index in [2.05, 4.69) is 36.7 Å². The van der Waals surface area contributed by atoms with Crippen molar-refractivity contribution in [3.8, 4) is 5.75 Å². The molecule has 0 saturated heterocycles. The lowest BCUT2D eigenvalue weighted by Gasteiger charge is -2.28. The van der Waals surface area contributed by atoms with Crippen molar-refractivity contribution in [3.63, 3.8) is 0 Å². The Morgan fingerprint density at radius 1 is 1.11 bits per heavy atom. The predicted molar refractivity (Wildman–Crippen MR) is 79.5 cm³/mol. The normalized spacial score (nSPS) is 13.3. The fraction of sp³-hybridized carbons (Fsp3) is 0.600. The van der Waals surface area contributed by atoms with E-state index in [1.165, 1.54) is 0 Å². The summed E-state index contributed by atoms with van der Waals surface area (Å²) in [5.41, 5.74) is 0.268. The van der Waals surface area contributed by atoms with Crippen LogP contribution in [0.5, 0.6) is 5.75 Å². The Morgan fingerprint density at radius 3 is 2.33 bits per heavy atom. The lowest BCUT2D eigenvalue weighted by atomic mass is 9.83. The Hall–Kier alpha value is -0.540. The molecule has 0 aromatic heterocycles. The average molecular weight is 315 g/mol. The van der Waals surface area contributed by atoms with E-state index in [1.807, 2.05) is 30.3 Å². The second kappa shape index (κ2) is 7.80. The third-order valence-electron chi connectivity index (χ3n) is 2.97. The Labute approximate surface area is 119 Å². The van der Waals surface area contributed by atoms with Crippen LogP contribution in [0.3, 0.4) is 0 Å². The largest absolute Gasteiger partial charge is 0.491 e. The maximum absolute atomic E-state index is 5.68. The number of ether oxygens (including phenoxy) is 2. The highest BCUT2D eigenvalue weighted by molar-refractivity contribution is 9.09. The minimum Gasteiger partial charge on any atom is -0.491 e. The molecule has 0 bridgehead atoms. The van der Waals surface area contributed by atoms with Crippen molar-refractivity contribution in [3.05, 3.63) is 30.3 Å². The zero-order chi connectivity index (χ0) is 13.4. The monoisotopic (exact) mass is 314 g/mol. The summed E-state index contributed by atoms with van der Waals surface area (Å²) in [6.07, 6.45) is 0. The van der Waals surface area contributed by atoms with Gasteiger partial charge in [0.25, 0.3) is 0 Å². The van der Waals surface area contributed by atoms with Gasteiger partial charge in [0.15, 0.2) is 0 Å². The molecular weight excluding hydrogens is 292 g/mol. The molecule has 0 fully saturated rings. The van der Waals surface area contributed by atoms with Crippen LogP contribution in [0.15, 0.2) is 30.3 Å². The molecule has 3 heteroatoms. The molecule has 1 aromatic carbocycles. The number of hydrogen-bond acceptors (Lipinski definition) is 2. The first-order valence-corrected chi connectivity index (χ1v) is 7.47. The molecule has 0 aliphatic heterocycles. The molecule has 2 nitrogen and oxygen atoms in total. The fourth-order valence-electron chi connectivity index (χ4n) is 1.49. The van der Waals surface area contributed by atoms with Crippen LogP contribution in [-0.4, -0.2) is 25.2 Å². The van der Waals surface area contributed by atoms with Crippen LogP contribution in [0, 0.1) is 11.3 Å². The Kier molecular flexibility index (Phi) is 6.72. The third-order valence-corrected chi connectivity index (χ3v) is 3.75. The molecule has 0 saturated carbocycles. The summed E-state index contributed by atoms with van der Waals surface area (Å²) >= 11 is 3.55. The first kappa shape index (κ1) is 15.5. The van der Waals surface area contributed by atoms with Gasteiger partial charge in [-0.05, 0) is 23.5 Å². The quantitative estimate of drug-likeness (QED) is 0.556. The maximum Gasteiger partial charge on any atom is 0.119 e. The minimum absolute atomic E-state index is 0.268. The second-order valence-corrected chi connectivity index (χ2v) is 6.10. The molecule has 1 atom stereocenters. The SMILES string of the molecule is CC(C)(C)C(CBr)COCCOc1ccccc1. The number of rotatable bonds is 7. The number of alkyl halides is 1. The topological polar surface area (TPSA) is 18.5 Å². The summed E-state index contributed by atoms with van der Waals surface area (Å²) in [6.45, 7) is 8.72. The van der Waals surface area contributed by atoms with Gasteiger partial charge in [-0.2, -0.15) is 0 Å². The van der Waals surface area contributed by atoms with Gasteiger partial charge in [0, 0.05) is 5.33 Å². The van der Waals surface area contributed by atoms with E-state index in [9.17, 15) is 0 Å². The average Bonchev–Trinajstić information content (AvgIpc) is 2.33. The molecule has 18 heavy (non-hydrogen) atoms. The summed E-state index contributed by atoms with van der Waals surface area (Å²) in [5.74, 6) is 1.42. The van der Waals surface area contributed by atoms with Gasteiger partial charge in [0.1, 0.15) is 12.4 Å². The van der Waals surface area contributed by atoms with Gasteiger partial charge in [-0.3, -0.25) is 0 Å². The van der Waals surface area contributed by atoms with E-state index in [4.69, 9.17) is 9.47 Å². The number of hydrogen-bond donors (Lipinski definition) is 0. The van der Waals surface area contributed by atoms with E-state index in [0.29, 0.717) is 19.1 Å². The van der Waals surface area contributed by atoms with Gasteiger partial charge < -0.3 is 9.47 Å². The molecule has 0 aliphatic rings. The fourth-order valence-corrected chi connectivity index (χ4v) is 2.64. The van der Waals surface area contributed by atoms with Crippen LogP contribution in [-0.2, 0) is 4.74 Å². The van der Waals surface area contributed by atoms with E-state index >= 15 is 0 Å². The molecule has 0 spiro atoms. The van der Waals surface area contributed by atoms with Crippen molar-refractivity contribution < 1.29 is 9.47 Å². The van der Waals surface area contributed by atoms with Crippen LogP contribution in [0.4, 0.5) is 0 Å². The van der Waals surface area contributed by atoms with Crippen LogP contribution in [0.25, 0.3) is 0 Å². The van der Waals surface area contributed by atoms with Crippen LogP contribution < -0.4 is 4.74 Å². The summed E-state index contributed by atoms with van der Waals surface area (Å²) in [7, 11) is 0. The highest BCUT2D eigenvalue weighted by Gasteiger charge is 2.23. The van der Waals surface area contributed by atoms with Crippen LogP contribution in [0.2, 0.25) is 0 Å². The van der Waals surface area contributed by atoms with E-state index in [0.717, 1.165) is 17.7 Å². The summed E-state index contributed by atoms with van der Waals surface area (Å²) in [4.78, 5) is 0. The van der Waals surface area contributed by atoms with Crippen molar-refractivity contribution in [2.24, 2.45) is 11.3 Å². The van der Waals surface area contributed by atoms with Gasteiger partial charge in [-0.25, -0.2) is 0 Å². The van der Waals surface area contributed by atoms with Crippen molar-refractivity contribution in [1.82, 2.24) is 0 Å². The third kappa shape index (κ3) is 5.87. The lowest BCUT2D eigenvalue weighted by molar-refractivity contribution is 0.0490. The lowest BCUT2D eigenvalue weighted by Crippen LogP contribution is -2.27. The van der Waals surface area contributed by atoms with Gasteiger partial charge in [-0.1, -0.05) is 54.9 Å². The standard InChI is InChI=1S/C15H23BrO2/c1-15(2,3)13(11-16)12-17-9-10-18-14-7-5-4-6-8-14/h4-8,13H,9-12H2,1-3H3. The molecule has 0 N–H and O–H groups in total. The molecule has 0 radical (unpaired) electrons. The highest BCUT2D eigenvalue weighted by Crippen LogP contribution is 2.27. The zero-order valence-electron chi connectivity index (χ0n) is 11.5. The summed E-state index contributed by atoms with van der Waals surface area (Å²) in [5, 5.41) is 0.968. The predicted octanol–water partition coefficient (Wildman–Crippen LogP) is 4.14. The van der Waals surface area contributed by atoms with E-state index in [1.54, 1.807) is 0 Å². The minimum atomic E-state index is 0.268. The van der Waals surface area contributed by atoms with Gasteiger partial charge in [0.2, 0.25) is 0 Å². The van der Waals surface area contributed by atoms with Crippen LogP contribution in [0.1, 0.15) is 20.8 Å². The van der Waals surface area contributed by atoms with E-state index in [-0.39, 0.29) is 5.41 Å². The first-order valence-electron chi connectivity index (χ1n) is 6.35. The molecular formula is C15H23BrO2. The van der Waals surface area contributed by atoms with Gasteiger partial charge >= 0.3 is 0 Å². The molecule has 102 valence electrons. The first-order chi connectivity index (χ1) is 8.54. The number of benzene rings is 1. The Balaban J connectivity index is 2.15. The molecule has 0 amide bonds. The van der Waals surface area contributed by atoms with Crippen molar-refractivity contribution in [2.75, 3.05) is 25.2 Å². The number of para-hydroxylation sites is 1. The molecule has 1 rings (SSSR count). The molecule has 1 aromatic rings. The second-order valence-electron chi connectivity index (χ2n) is 5.45. The summed E-state index contributed by atoms with van der Waals surface area (Å²) < 4.78 is 11.3. The number of halogens is 1. The molecule has 0 heterocycles. The zero-order valence-corrected chi connectivity index (χ0v) is 13.1. The molecule has 0 aliphatic carbocycles. The Bertz CT molecular complexity index is 319. The van der Waals surface area contributed by atoms with Crippen molar-refractivity contribution in [2.45, 2.75) is 20.8 Å². The maximum atomic E-state index is 5.68. The van der Waals surface area contributed by atoms with Gasteiger partial charge in [-0.15, -0.1) is 0 Å².